The van der Waals surface area contributed by atoms with E-state index in [1.807, 2.05) is 0 Å². The summed E-state index contributed by atoms with van der Waals surface area (Å²) in [5.41, 5.74) is 0.727. The van der Waals surface area contributed by atoms with Gasteiger partial charge in [-0.3, -0.25) is 4.79 Å². The molecule has 0 spiro atoms. The molecule has 0 aliphatic carbocycles. The zero-order chi connectivity index (χ0) is 18.0. The number of rotatable bonds is 4. The first-order chi connectivity index (χ1) is 12.0. The van der Waals surface area contributed by atoms with Gasteiger partial charge in [-0.1, -0.05) is 17.7 Å². The Hall–Kier alpha value is -1.92. The van der Waals surface area contributed by atoms with Gasteiger partial charge in [0, 0.05) is 35.2 Å². The molecule has 3 rings (SSSR count). The van der Waals surface area contributed by atoms with Crippen LogP contribution < -0.4 is 5.32 Å². The van der Waals surface area contributed by atoms with E-state index >= 15 is 0 Å². The van der Waals surface area contributed by atoms with Crippen LogP contribution in [0.15, 0.2) is 29.5 Å². The summed E-state index contributed by atoms with van der Waals surface area (Å²) in [6.07, 6.45) is 1.60. The van der Waals surface area contributed by atoms with E-state index in [4.69, 9.17) is 21.1 Å². The maximum Gasteiger partial charge on any atom is 0.336 e. The second-order valence-corrected chi connectivity index (χ2v) is 6.62. The first-order valence-electron chi connectivity index (χ1n) is 8.20. The quantitative estimate of drug-likeness (QED) is 0.831. The van der Waals surface area contributed by atoms with Crippen LogP contribution in [0.5, 0.6) is 0 Å². The minimum absolute atomic E-state index is 0.0671. The molecule has 25 heavy (non-hydrogen) atoms. The first-order valence-corrected chi connectivity index (χ1v) is 8.58. The van der Waals surface area contributed by atoms with Gasteiger partial charge in [0.25, 0.3) is 0 Å². The van der Waals surface area contributed by atoms with Crippen LogP contribution in [-0.4, -0.2) is 31.2 Å². The predicted octanol–water partition coefficient (Wildman–Crippen LogP) is 3.08. The Bertz CT molecular complexity index is 708. The van der Waals surface area contributed by atoms with Crippen LogP contribution in [0.1, 0.15) is 37.7 Å². The highest BCUT2D eigenvalue weighted by molar-refractivity contribution is 6.31. The zero-order valence-electron chi connectivity index (χ0n) is 13.8. The Balaban J connectivity index is 1.88. The van der Waals surface area contributed by atoms with Crippen molar-refractivity contribution >= 4 is 23.5 Å². The van der Waals surface area contributed by atoms with Gasteiger partial charge in [-0.2, -0.15) is 0 Å². The molecule has 2 heterocycles. The van der Waals surface area contributed by atoms with Crippen LogP contribution in [0, 0.1) is 5.82 Å². The third-order valence-electron chi connectivity index (χ3n) is 4.46. The molecule has 0 unspecified atom stereocenters. The van der Waals surface area contributed by atoms with Crippen molar-refractivity contribution in [3.05, 3.63) is 45.9 Å². The number of carbonyl (C=O) groups is 2. The molecule has 5 nitrogen and oxygen atoms in total. The van der Waals surface area contributed by atoms with E-state index in [0.717, 1.165) is 12.8 Å². The van der Waals surface area contributed by atoms with Crippen molar-refractivity contribution in [2.24, 2.45) is 0 Å². The van der Waals surface area contributed by atoms with E-state index in [-0.39, 0.29) is 41.2 Å². The second kappa shape index (κ2) is 7.54. The Morgan fingerprint density at radius 3 is 2.96 bits per heavy atom. The van der Waals surface area contributed by atoms with Gasteiger partial charge in [0.05, 0.1) is 11.7 Å². The molecule has 1 aromatic rings. The highest BCUT2D eigenvalue weighted by atomic mass is 35.5. The van der Waals surface area contributed by atoms with Crippen molar-refractivity contribution in [3.8, 4) is 0 Å². The maximum absolute atomic E-state index is 14.3. The van der Waals surface area contributed by atoms with E-state index < -0.39 is 17.7 Å². The van der Waals surface area contributed by atoms with Gasteiger partial charge >= 0.3 is 5.97 Å². The summed E-state index contributed by atoms with van der Waals surface area (Å²) in [6, 6.07) is 4.28. The number of allylic oxidation sites excluding steroid dienone is 1. The van der Waals surface area contributed by atoms with E-state index in [2.05, 4.69) is 5.32 Å². The summed E-state index contributed by atoms with van der Waals surface area (Å²) in [4.78, 5) is 24.6. The van der Waals surface area contributed by atoms with E-state index in [1.165, 1.54) is 18.2 Å². The molecule has 1 amide bonds. The Labute approximate surface area is 150 Å². The van der Waals surface area contributed by atoms with Crippen LogP contribution in [0.3, 0.4) is 0 Å². The predicted molar refractivity (Wildman–Crippen MR) is 89.5 cm³/mol. The molecular formula is C18H19ClFNO4. The SMILES string of the molecule is CC1=C(C(=O)OC[C@H]2CCCO2)[C@H](c2c(F)cccc2Cl)CC(=O)N1. The molecular weight excluding hydrogens is 349 g/mol. The Kier molecular flexibility index (Phi) is 5.39. The molecule has 1 aromatic carbocycles. The average molecular weight is 368 g/mol. The summed E-state index contributed by atoms with van der Waals surface area (Å²) < 4.78 is 25.2. The van der Waals surface area contributed by atoms with Gasteiger partial charge in [0.15, 0.2) is 0 Å². The number of hydrogen-bond donors (Lipinski definition) is 1. The normalized spacial score (nSPS) is 23.6. The van der Waals surface area contributed by atoms with Crippen molar-refractivity contribution in [3.63, 3.8) is 0 Å². The largest absolute Gasteiger partial charge is 0.460 e. The van der Waals surface area contributed by atoms with Crippen LogP contribution in [0.2, 0.25) is 5.02 Å². The lowest BCUT2D eigenvalue weighted by atomic mass is 9.84. The van der Waals surface area contributed by atoms with Gasteiger partial charge in [-0.15, -0.1) is 0 Å². The highest BCUT2D eigenvalue weighted by Gasteiger charge is 2.35. The fourth-order valence-corrected chi connectivity index (χ4v) is 3.58. The number of nitrogens with one attached hydrogen (secondary N) is 1. The van der Waals surface area contributed by atoms with Crippen LogP contribution in [0.25, 0.3) is 0 Å². The molecule has 0 radical (unpaired) electrons. The lowest BCUT2D eigenvalue weighted by Gasteiger charge is -2.27. The molecule has 2 aliphatic rings. The van der Waals surface area contributed by atoms with Crippen molar-refractivity contribution < 1.29 is 23.5 Å². The van der Waals surface area contributed by atoms with Gasteiger partial charge in [-0.25, -0.2) is 9.18 Å². The number of carbonyl (C=O) groups excluding carboxylic acids is 2. The smallest absolute Gasteiger partial charge is 0.336 e. The van der Waals surface area contributed by atoms with Crippen molar-refractivity contribution in [1.29, 1.82) is 0 Å². The Morgan fingerprint density at radius 2 is 2.28 bits per heavy atom. The maximum atomic E-state index is 14.3. The third kappa shape index (κ3) is 3.85. The molecule has 134 valence electrons. The summed E-state index contributed by atoms with van der Waals surface area (Å²) >= 11 is 6.14. The zero-order valence-corrected chi connectivity index (χ0v) is 14.6. The molecule has 0 bridgehead atoms. The molecule has 1 N–H and O–H groups in total. The van der Waals surface area contributed by atoms with Gasteiger partial charge in [0.2, 0.25) is 5.91 Å². The monoisotopic (exact) mass is 367 g/mol. The summed E-state index contributed by atoms with van der Waals surface area (Å²) in [7, 11) is 0. The molecule has 0 aromatic heterocycles. The van der Waals surface area contributed by atoms with Crippen molar-refractivity contribution in [1.82, 2.24) is 5.32 Å². The number of esters is 1. The number of amides is 1. The van der Waals surface area contributed by atoms with Crippen molar-refractivity contribution in [2.75, 3.05) is 13.2 Å². The molecule has 7 heteroatoms. The number of hydrogen-bond acceptors (Lipinski definition) is 4. The fourth-order valence-electron chi connectivity index (χ4n) is 3.28. The molecule has 0 saturated carbocycles. The molecule has 1 fully saturated rings. The average Bonchev–Trinajstić information content (AvgIpc) is 3.05. The summed E-state index contributed by atoms with van der Waals surface area (Å²) in [6.45, 7) is 2.40. The Morgan fingerprint density at radius 1 is 1.48 bits per heavy atom. The van der Waals surface area contributed by atoms with Gasteiger partial charge < -0.3 is 14.8 Å². The molecule has 2 atom stereocenters. The minimum atomic E-state index is -0.778. The lowest BCUT2D eigenvalue weighted by molar-refractivity contribution is -0.142. The van der Waals surface area contributed by atoms with E-state index in [1.54, 1.807) is 6.92 Å². The molecule has 2 aliphatic heterocycles. The van der Waals surface area contributed by atoms with Gasteiger partial charge in [0.1, 0.15) is 12.4 Å². The topological polar surface area (TPSA) is 64.6 Å². The summed E-state index contributed by atoms with van der Waals surface area (Å²) in [5.74, 6) is -2.21. The number of benzene rings is 1. The third-order valence-corrected chi connectivity index (χ3v) is 4.79. The second-order valence-electron chi connectivity index (χ2n) is 6.21. The summed E-state index contributed by atoms with van der Waals surface area (Å²) in [5, 5.41) is 2.80. The molecule has 1 saturated heterocycles. The van der Waals surface area contributed by atoms with Gasteiger partial charge in [-0.05, 0) is 31.9 Å². The lowest BCUT2D eigenvalue weighted by Crippen LogP contribution is -2.35. The van der Waals surface area contributed by atoms with Crippen LogP contribution in [-0.2, 0) is 19.1 Å². The minimum Gasteiger partial charge on any atom is -0.460 e. The van der Waals surface area contributed by atoms with Crippen LogP contribution in [0.4, 0.5) is 4.39 Å². The first kappa shape index (κ1) is 17.9. The highest BCUT2D eigenvalue weighted by Crippen LogP contribution is 2.38. The number of ether oxygens (including phenoxy) is 2. The van der Waals surface area contributed by atoms with E-state index in [0.29, 0.717) is 12.3 Å². The fraction of sp³-hybridized carbons (Fsp3) is 0.444. The van der Waals surface area contributed by atoms with E-state index in [9.17, 15) is 14.0 Å². The van der Waals surface area contributed by atoms with Crippen LogP contribution >= 0.6 is 11.6 Å². The van der Waals surface area contributed by atoms with Crippen molar-refractivity contribution in [2.45, 2.75) is 38.2 Å². The standard InChI is InChI=1S/C18H19ClFNO4/c1-10-16(18(23)25-9-11-4-3-7-24-11)12(8-15(22)21-10)17-13(19)5-2-6-14(17)20/h2,5-6,11-12H,3-4,7-9H2,1H3,(H,21,22)/t11-,12-/m1/s1. The number of halogens is 2.